The Labute approximate surface area is 84.9 Å². The van der Waals surface area contributed by atoms with E-state index < -0.39 is 11.4 Å². The van der Waals surface area contributed by atoms with E-state index in [4.69, 9.17) is 5.11 Å². The van der Waals surface area contributed by atoms with E-state index >= 15 is 0 Å². The van der Waals surface area contributed by atoms with Crippen LogP contribution in [0.2, 0.25) is 0 Å². The van der Waals surface area contributed by atoms with Gasteiger partial charge in [-0.1, -0.05) is 19.3 Å². The summed E-state index contributed by atoms with van der Waals surface area (Å²) in [6, 6.07) is 0.590. The largest absolute Gasteiger partial charge is 0.481 e. The van der Waals surface area contributed by atoms with E-state index in [1.54, 1.807) is 0 Å². The van der Waals surface area contributed by atoms with Gasteiger partial charge >= 0.3 is 5.97 Å². The first-order chi connectivity index (χ1) is 6.73. The SMILES string of the molecule is O=C(O)C1(CNC2CCCC2)CCC1. The van der Waals surface area contributed by atoms with Crippen LogP contribution in [0, 0.1) is 5.41 Å². The Bertz CT molecular complexity index is 217. The summed E-state index contributed by atoms with van der Waals surface area (Å²) < 4.78 is 0. The van der Waals surface area contributed by atoms with E-state index in [1.165, 1.54) is 25.7 Å². The highest BCUT2D eigenvalue weighted by atomic mass is 16.4. The minimum atomic E-state index is -0.603. The number of carbonyl (C=O) groups is 1. The molecule has 2 aliphatic rings. The zero-order valence-electron chi connectivity index (χ0n) is 8.59. The molecule has 3 heteroatoms. The molecule has 0 unspecified atom stereocenters. The fourth-order valence-electron chi connectivity index (χ4n) is 2.54. The monoisotopic (exact) mass is 197 g/mol. The Kier molecular flexibility index (Phi) is 2.77. The van der Waals surface area contributed by atoms with Crippen LogP contribution in [0.1, 0.15) is 44.9 Å². The molecule has 0 heterocycles. The fraction of sp³-hybridized carbons (Fsp3) is 0.909. The number of rotatable bonds is 4. The smallest absolute Gasteiger partial charge is 0.310 e. The van der Waals surface area contributed by atoms with E-state index in [-0.39, 0.29) is 0 Å². The van der Waals surface area contributed by atoms with Crippen LogP contribution in [-0.4, -0.2) is 23.7 Å². The topological polar surface area (TPSA) is 49.3 Å². The first-order valence-corrected chi connectivity index (χ1v) is 5.70. The molecule has 2 rings (SSSR count). The van der Waals surface area contributed by atoms with Gasteiger partial charge in [-0.15, -0.1) is 0 Å². The molecule has 80 valence electrons. The third-order valence-corrected chi connectivity index (χ3v) is 3.85. The van der Waals surface area contributed by atoms with Gasteiger partial charge in [-0.3, -0.25) is 4.79 Å². The van der Waals surface area contributed by atoms with Crippen molar-refractivity contribution in [3.05, 3.63) is 0 Å². The van der Waals surface area contributed by atoms with Crippen molar-refractivity contribution in [3.8, 4) is 0 Å². The summed E-state index contributed by atoms with van der Waals surface area (Å²) in [5.41, 5.74) is -0.414. The molecule has 0 atom stereocenters. The summed E-state index contributed by atoms with van der Waals surface area (Å²) in [5, 5.41) is 12.5. The van der Waals surface area contributed by atoms with Crippen molar-refractivity contribution in [2.45, 2.75) is 51.0 Å². The van der Waals surface area contributed by atoms with Crippen LogP contribution in [0.15, 0.2) is 0 Å². The molecule has 0 radical (unpaired) electrons. The lowest BCUT2D eigenvalue weighted by Crippen LogP contribution is -2.48. The summed E-state index contributed by atoms with van der Waals surface area (Å²) in [5.74, 6) is -0.603. The zero-order chi connectivity index (χ0) is 10.0. The van der Waals surface area contributed by atoms with Gasteiger partial charge in [0.2, 0.25) is 0 Å². The molecule has 2 N–H and O–H groups in total. The lowest BCUT2D eigenvalue weighted by Gasteiger charge is -2.38. The molecule has 2 aliphatic carbocycles. The van der Waals surface area contributed by atoms with E-state index in [9.17, 15) is 4.79 Å². The van der Waals surface area contributed by atoms with E-state index in [1.807, 2.05) is 0 Å². The molecule has 0 aliphatic heterocycles. The van der Waals surface area contributed by atoms with Crippen LogP contribution in [-0.2, 0) is 4.79 Å². The zero-order valence-corrected chi connectivity index (χ0v) is 8.59. The highest BCUT2D eigenvalue weighted by Gasteiger charge is 2.44. The number of hydrogen-bond acceptors (Lipinski definition) is 2. The molecule has 14 heavy (non-hydrogen) atoms. The Morgan fingerprint density at radius 3 is 2.36 bits per heavy atom. The Morgan fingerprint density at radius 1 is 1.29 bits per heavy atom. The summed E-state index contributed by atoms with van der Waals surface area (Å²) in [7, 11) is 0. The standard InChI is InChI=1S/C11H19NO2/c13-10(14)11(6-3-7-11)8-12-9-4-1-2-5-9/h9,12H,1-8H2,(H,13,14). The summed E-state index contributed by atoms with van der Waals surface area (Å²) in [4.78, 5) is 11.1. The van der Waals surface area contributed by atoms with Gasteiger partial charge in [-0.05, 0) is 25.7 Å². The molecule has 0 aromatic carbocycles. The fourth-order valence-corrected chi connectivity index (χ4v) is 2.54. The first kappa shape index (κ1) is 9.97. The van der Waals surface area contributed by atoms with E-state index in [2.05, 4.69) is 5.32 Å². The van der Waals surface area contributed by atoms with Crippen molar-refractivity contribution in [3.63, 3.8) is 0 Å². The maximum atomic E-state index is 11.1. The molecule has 0 bridgehead atoms. The first-order valence-electron chi connectivity index (χ1n) is 5.70. The number of nitrogens with one attached hydrogen (secondary N) is 1. The molecule has 0 aromatic rings. The number of carboxylic acids is 1. The van der Waals surface area contributed by atoms with E-state index in [0.29, 0.717) is 12.6 Å². The third kappa shape index (κ3) is 1.78. The van der Waals surface area contributed by atoms with Crippen LogP contribution in [0.3, 0.4) is 0 Å². The minimum absolute atomic E-state index is 0.414. The molecular formula is C11H19NO2. The van der Waals surface area contributed by atoms with Gasteiger partial charge in [-0.2, -0.15) is 0 Å². The van der Waals surface area contributed by atoms with Gasteiger partial charge < -0.3 is 10.4 Å². The van der Waals surface area contributed by atoms with Gasteiger partial charge in [0.15, 0.2) is 0 Å². The summed E-state index contributed by atoms with van der Waals surface area (Å²) in [6.45, 7) is 0.687. The number of aliphatic carboxylic acids is 1. The second kappa shape index (κ2) is 3.89. The second-order valence-electron chi connectivity index (χ2n) is 4.80. The van der Waals surface area contributed by atoms with Crippen molar-refractivity contribution < 1.29 is 9.90 Å². The summed E-state index contributed by atoms with van der Waals surface area (Å²) in [6.07, 6.45) is 7.88. The second-order valence-corrected chi connectivity index (χ2v) is 4.80. The van der Waals surface area contributed by atoms with Crippen molar-refractivity contribution in [2.75, 3.05) is 6.54 Å². The Balaban J connectivity index is 1.80. The quantitative estimate of drug-likeness (QED) is 0.722. The van der Waals surface area contributed by atoms with Gasteiger partial charge in [-0.25, -0.2) is 0 Å². The molecule has 0 saturated heterocycles. The predicted molar refractivity (Wildman–Crippen MR) is 54.2 cm³/mol. The van der Waals surface area contributed by atoms with Gasteiger partial charge in [0.1, 0.15) is 0 Å². The highest BCUT2D eigenvalue weighted by molar-refractivity contribution is 5.76. The normalized spacial score (nSPS) is 26.0. The Morgan fingerprint density at radius 2 is 1.93 bits per heavy atom. The molecule has 0 spiro atoms. The number of hydrogen-bond donors (Lipinski definition) is 2. The van der Waals surface area contributed by atoms with Crippen molar-refractivity contribution in [2.24, 2.45) is 5.41 Å². The molecule has 2 saturated carbocycles. The molecule has 3 nitrogen and oxygen atoms in total. The Hall–Kier alpha value is -0.570. The van der Waals surface area contributed by atoms with Crippen LogP contribution in [0.5, 0.6) is 0 Å². The van der Waals surface area contributed by atoms with Gasteiger partial charge in [0.05, 0.1) is 5.41 Å². The third-order valence-electron chi connectivity index (χ3n) is 3.85. The van der Waals surface area contributed by atoms with Gasteiger partial charge in [0, 0.05) is 12.6 Å². The molecule has 2 fully saturated rings. The van der Waals surface area contributed by atoms with Crippen molar-refractivity contribution in [1.82, 2.24) is 5.32 Å². The van der Waals surface area contributed by atoms with Crippen LogP contribution in [0.4, 0.5) is 0 Å². The van der Waals surface area contributed by atoms with E-state index in [0.717, 1.165) is 19.3 Å². The lowest BCUT2D eigenvalue weighted by molar-refractivity contribution is -0.154. The molecule has 0 aromatic heterocycles. The molecular weight excluding hydrogens is 178 g/mol. The number of carboxylic acid groups (broad SMARTS) is 1. The maximum absolute atomic E-state index is 11.1. The van der Waals surface area contributed by atoms with Crippen molar-refractivity contribution in [1.29, 1.82) is 0 Å². The highest BCUT2D eigenvalue weighted by Crippen LogP contribution is 2.40. The van der Waals surface area contributed by atoms with Crippen LogP contribution >= 0.6 is 0 Å². The van der Waals surface area contributed by atoms with Crippen LogP contribution < -0.4 is 5.32 Å². The average molecular weight is 197 g/mol. The molecule has 0 amide bonds. The van der Waals surface area contributed by atoms with Gasteiger partial charge in [0.25, 0.3) is 0 Å². The predicted octanol–water partition coefficient (Wildman–Crippen LogP) is 1.77. The average Bonchev–Trinajstić information content (AvgIpc) is 2.53. The maximum Gasteiger partial charge on any atom is 0.310 e. The lowest BCUT2D eigenvalue weighted by atomic mass is 9.68. The summed E-state index contributed by atoms with van der Waals surface area (Å²) >= 11 is 0. The van der Waals surface area contributed by atoms with Crippen LogP contribution in [0.25, 0.3) is 0 Å². The van der Waals surface area contributed by atoms with Crippen molar-refractivity contribution >= 4 is 5.97 Å². The minimum Gasteiger partial charge on any atom is -0.481 e.